The van der Waals surface area contributed by atoms with Gasteiger partial charge in [-0.25, -0.2) is 0 Å². The van der Waals surface area contributed by atoms with Crippen molar-refractivity contribution in [3.63, 3.8) is 0 Å². The molecular formula is C13H25ClN2O2. The summed E-state index contributed by atoms with van der Waals surface area (Å²) in [5, 5.41) is 3.39. The van der Waals surface area contributed by atoms with E-state index < -0.39 is 0 Å². The Bertz CT molecular complexity index is 270. The third-order valence-corrected chi connectivity index (χ3v) is 4.34. The average molecular weight is 277 g/mol. The largest absolute Gasteiger partial charge is 0.469 e. The number of likely N-dealkylation sites (tertiary alicyclic amines) is 1. The van der Waals surface area contributed by atoms with Gasteiger partial charge in [-0.05, 0) is 51.7 Å². The fraction of sp³-hybridized carbons (Fsp3) is 0.923. The van der Waals surface area contributed by atoms with Gasteiger partial charge in [-0.15, -0.1) is 12.4 Å². The summed E-state index contributed by atoms with van der Waals surface area (Å²) in [6.07, 6.45) is 3.50. The van der Waals surface area contributed by atoms with Gasteiger partial charge in [0.1, 0.15) is 0 Å². The quantitative estimate of drug-likeness (QED) is 0.789. The maximum atomic E-state index is 11.6. The van der Waals surface area contributed by atoms with Crippen LogP contribution in [0.4, 0.5) is 0 Å². The lowest BCUT2D eigenvalue weighted by atomic mass is 9.96. The number of carbonyl (C=O) groups is 1. The van der Waals surface area contributed by atoms with Gasteiger partial charge < -0.3 is 10.1 Å². The van der Waals surface area contributed by atoms with E-state index in [1.165, 1.54) is 20.0 Å². The van der Waals surface area contributed by atoms with Crippen LogP contribution in [0.25, 0.3) is 0 Å². The SMILES string of the molecule is COC(=O)C1CCN(CC2CCNCC2)C1C.Cl. The molecule has 2 unspecified atom stereocenters. The van der Waals surface area contributed by atoms with Gasteiger partial charge in [-0.2, -0.15) is 0 Å². The van der Waals surface area contributed by atoms with Gasteiger partial charge in [0.25, 0.3) is 0 Å². The molecule has 2 heterocycles. The highest BCUT2D eigenvalue weighted by molar-refractivity contribution is 5.85. The van der Waals surface area contributed by atoms with Crippen LogP contribution in [0.3, 0.4) is 0 Å². The fourth-order valence-corrected chi connectivity index (χ4v) is 3.12. The molecule has 0 amide bonds. The molecule has 5 heteroatoms. The highest BCUT2D eigenvalue weighted by Crippen LogP contribution is 2.27. The van der Waals surface area contributed by atoms with Crippen molar-refractivity contribution in [2.45, 2.75) is 32.2 Å². The number of nitrogens with zero attached hydrogens (tertiary/aromatic N) is 1. The van der Waals surface area contributed by atoms with Crippen molar-refractivity contribution in [3.8, 4) is 0 Å². The number of methoxy groups -OCH3 is 1. The molecule has 106 valence electrons. The van der Waals surface area contributed by atoms with Gasteiger partial charge >= 0.3 is 5.97 Å². The van der Waals surface area contributed by atoms with Crippen LogP contribution in [0.2, 0.25) is 0 Å². The Balaban J connectivity index is 0.00000162. The van der Waals surface area contributed by atoms with E-state index in [2.05, 4.69) is 17.1 Å². The van der Waals surface area contributed by atoms with E-state index in [0.29, 0.717) is 6.04 Å². The summed E-state index contributed by atoms with van der Waals surface area (Å²) in [5.74, 6) is 0.849. The summed E-state index contributed by atoms with van der Waals surface area (Å²) in [4.78, 5) is 14.1. The second-order valence-electron chi connectivity index (χ2n) is 5.35. The van der Waals surface area contributed by atoms with Gasteiger partial charge in [0.15, 0.2) is 0 Å². The highest BCUT2D eigenvalue weighted by Gasteiger charge is 2.37. The van der Waals surface area contributed by atoms with Gasteiger partial charge in [0.2, 0.25) is 0 Å². The van der Waals surface area contributed by atoms with Crippen LogP contribution in [0.5, 0.6) is 0 Å². The Morgan fingerprint density at radius 3 is 2.61 bits per heavy atom. The summed E-state index contributed by atoms with van der Waals surface area (Å²) in [6.45, 7) is 6.65. The topological polar surface area (TPSA) is 41.6 Å². The van der Waals surface area contributed by atoms with Crippen LogP contribution in [0, 0.1) is 11.8 Å². The zero-order chi connectivity index (χ0) is 12.3. The third kappa shape index (κ3) is 3.59. The average Bonchev–Trinajstić information content (AvgIpc) is 2.72. The fourth-order valence-electron chi connectivity index (χ4n) is 3.12. The van der Waals surface area contributed by atoms with Crippen molar-refractivity contribution in [3.05, 3.63) is 0 Å². The van der Waals surface area contributed by atoms with E-state index in [1.54, 1.807) is 0 Å². The molecule has 2 rings (SSSR count). The van der Waals surface area contributed by atoms with Crippen molar-refractivity contribution in [1.29, 1.82) is 0 Å². The predicted molar refractivity (Wildman–Crippen MR) is 74.0 cm³/mol. The lowest BCUT2D eigenvalue weighted by Crippen LogP contribution is -2.39. The van der Waals surface area contributed by atoms with Gasteiger partial charge in [0, 0.05) is 12.6 Å². The second-order valence-corrected chi connectivity index (χ2v) is 5.35. The smallest absolute Gasteiger partial charge is 0.310 e. The molecule has 4 nitrogen and oxygen atoms in total. The molecule has 0 aromatic heterocycles. The van der Waals surface area contributed by atoms with E-state index in [9.17, 15) is 4.79 Å². The number of nitrogens with one attached hydrogen (secondary N) is 1. The molecule has 0 spiro atoms. The molecule has 0 bridgehead atoms. The van der Waals surface area contributed by atoms with Crippen molar-refractivity contribution in [2.24, 2.45) is 11.8 Å². The van der Waals surface area contributed by atoms with Crippen molar-refractivity contribution in [2.75, 3.05) is 33.3 Å². The molecule has 2 aliphatic heterocycles. The number of rotatable bonds is 3. The standard InChI is InChI=1S/C13H24N2O2.ClH/c1-10-12(13(16)17-2)5-8-15(10)9-11-3-6-14-7-4-11;/h10-12,14H,3-9H2,1-2H3;1H. The van der Waals surface area contributed by atoms with Crippen LogP contribution in [0.1, 0.15) is 26.2 Å². The Labute approximate surface area is 116 Å². The summed E-state index contributed by atoms with van der Waals surface area (Å²) in [7, 11) is 1.49. The summed E-state index contributed by atoms with van der Waals surface area (Å²) >= 11 is 0. The number of carbonyl (C=O) groups excluding carboxylic acids is 1. The number of hydrogen-bond donors (Lipinski definition) is 1. The van der Waals surface area contributed by atoms with Crippen molar-refractivity contribution >= 4 is 18.4 Å². The van der Waals surface area contributed by atoms with Crippen LogP contribution in [-0.2, 0) is 9.53 Å². The van der Waals surface area contributed by atoms with Crippen LogP contribution >= 0.6 is 12.4 Å². The van der Waals surface area contributed by atoms with Crippen molar-refractivity contribution < 1.29 is 9.53 Å². The first kappa shape index (κ1) is 15.7. The summed E-state index contributed by atoms with van der Waals surface area (Å²) < 4.78 is 4.87. The summed E-state index contributed by atoms with van der Waals surface area (Å²) in [6, 6.07) is 0.345. The molecule has 0 aliphatic carbocycles. The molecule has 0 aromatic carbocycles. The van der Waals surface area contributed by atoms with Crippen LogP contribution in [-0.4, -0.2) is 50.2 Å². The number of esters is 1. The maximum absolute atomic E-state index is 11.6. The molecule has 1 N–H and O–H groups in total. The zero-order valence-electron chi connectivity index (χ0n) is 11.4. The lowest BCUT2D eigenvalue weighted by Gasteiger charge is -2.30. The molecule has 2 aliphatic rings. The molecule has 2 saturated heterocycles. The van der Waals surface area contributed by atoms with E-state index in [0.717, 1.165) is 38.5 Å². The second kappa shape index (κ2) is 7.31. The van der Waals surface area contributed by atoms with E-state index in [1.807, 2.05) is 0 Å². The minimum Gasteiger partial charge on any atom is -0.469 e. The molecule has 0 radical (unpaired) electrons. The lowest BCUT2D eigenvalue weighted by molar-refractivity contribution is -0.146. The Morgan fingerprint density at radius 2 is 2.00 bits per heavy atom. The molecule has 2 atom stereocenters. The third-order valence-electron chi connectivity index (χ3n) is 4.34. The van der Waals surface area contributed by atoms with Gasteiger partial charge in [-0.3, -0.25) is 9.69 Å². The first-order valence-corrected chi connectivity index (χ1v) is 6.75. The number of halogens is 1. The number of ether oxygens (including phenoxy) is 1. The minimum absolute atomic E-state index is 0. The first-order chi connectivity index (χ1) is 8.22. The maximum Gasteiger partial charge on any atom is 0.310 e. The highest BCUT2D eigenvalue weighted by atomic mass is 35.5. The zero-order valence-corrected chi connectivity index (χ0v) is 12.2. The van der Waals surface area contributed by atoms with E-state index >= 15 is 0 Å². The Kier molecular flexibility index (Phi) is 6.39. The predicted octanol–water partition coefficient (Wildman–Crippen LogP) is 1.29. The number of hydrogen-bond acceptors (Lipinski definition) is 4. The summed E-state index contributed by atoms with van der Waals surface area (Å²) in [5.41, 5.74) is 0. The van der Waals surface area contributed by atoms with Crippen molar-refractivity contribution in [1.82, 2.24) is 10.2 Å². The molecule has 0 aromatic rings. The molecule has 18 heavy (non-hydrogen) atoms. The van der Waals surface area contributed by atoms with Crippen LogP contribution < -0.4 is 5.32 Å². The first-order valence-electron chi connectivity index (χ1n) is 6.75. The van der Waals surface area contributed by atoms with Gasteiger partial charge in [0.05, 0.1) is 13.0 Å². The Hall–Kier alpha value is -0.320. The molecule has 0 saturated carbocycles. The molecule has 2 fully saturated rings. The van der Waals surface area contributed by atoms with E-state index in [4.69, 9.17) is 4.74 Å². The monoisotopic (exact) mass is 276 g/mol. The Morgan fingerprint density at radius 1 is 1.33 bits per heavy atom. The van der Waals surface area contributed by atoms with E-state index in [-0.39, 0.29) is 24.3 Å². The minimum atomic E-state index is -0.0367. The molecular weight excluding hydrogens is 252 g/mol. The normalized spacial score (nSPS) is 29.9. The van der Waals surface area contributed by atoms with Crippen LogP contribution in [0.15, 0.2) is 0 Å². The van der Waals surface area contributed by atoms with Gasteiger partial charge in [-0.1, -0.05) is 0 Å². The number of piperidine rings is 1.